The van der Waals surface area contributed by atoms with Crippen LogP contribution in [-0.2, 0) is 20.7 Å². The molecular formula is C21H26ClN3O4. The van der Waals surface area contributed by atoms with Crippen LogP contribution < -0.4 is 10.9 Å². The number of hydrogen-bond donors (Lipinski definition) is 2. The lowest BCUT2D eigenvalue weighted by molar-refractivity contribution is -0.148. The zero-order valence-corrected chi connectivity index (χ0v) is 17.8. The van der Waals surface area contributed by atoms with Crippen LogP contribution in [0.2, 0.25) is 5.02 Å². The van der Waals surface area contributed by atoms with E-state index in [0.717, 1.165) is 0 Å². The van der Waals surface area contributed by atoms with E-state index in [1.807, 2.05) is 0 Å². The number of amides is 1. The predicted molar refractivity (Wildman–Crippen MR) is 111 cm³/mol. The van der Waals surface area contributed by atoms with E-state index in [-0.39, 0.29) is 36.8 Å². The molecule has 1 amide bonds. The summed E-state index contributed by atoms with van der Waals surface area (Å²) in [6, 6.07) is 6.39. The van der Waals surface area contributed by atoms with Crippen LogP contribution in [0.4, 0.5) is 0 Å². The van der Waals surface area contributed by atoms with Gasteiger partial charge in [0.15, 0.2) is 0 Å². The molecule has 0 saturated carbocycles. The summed E-state index contributed by atoms with van der Waals surface area (Å²) in [5, 5.41) is 3.29. The molecule has 0 saturated heterocycles. The van der Waals surface area contributed by atoms with Gasteiger partial charge < -0.3 is 15.0 Å². The number of aryl methyl sites for hydroxylation is 2. The third-order valence-corrected chi connectivity index (χ3v) is 4.64. The number of aromatic amines is 1. The van der Waals surface area contributed by atoms with Crippen molar-refractivity contribution in [2.24, 2.45) is 0 Å². The average Bonchev–Trinajstić information content (AvgIpc) is 2.60. The van der Waals surface area contributed by atoms with Crippen molar-refractivity contribution in [2.45, 2.75) is 59.1 Å². The normalized spacial score (nSPS) is 11.9. The van der Waals surface area contributed by atoms with Crippen molar-refractivity contribution in [1.82, 2.24) is 15.3 Å². The van der Waals surface area contributed by atoms with Gasteiger partial charge in [0.25, 0.3) is 5.56 Å². The van der Waals surface area contributed by atoms with Crippen LogP contribution in [0.1, 0.15) is 55.4 Å². The molecule has 2 aromatic rings. The minimum atomic E-state index is -0.627. The number of aromatic nitrogens is 2. The van der Waals surface area contributed by atoms with Crippen LogP contribution in [0.25, 0.3) is 0 Å². The first-order valence-electron chi connectivity index (χ1n) is 9.47. The first kappa shape index (κ1) is 22.6. The Kier molecular flexibility index (Phi) is 7.96. The zero-order chi connectivity index (χ0) is 21.6. The van der Waals surface area contributed by atoms with E-state index in [2.05, 4.69) is 15.3 Å². The standard InChI is InChI=1S/C21H26ClN3O4/c1-12(2)29-20(27)11-18(16-7-5-6-8-17(16)22)25-19(26)10-9-15-13(3)23-14(4)24-21(15)28/h5-8,12,18H,9-11H2,1-4H3,(H,25,26)(H,23,24,28)/t18-/m0/s1. The number of carbonyl (C=O) groups is 2. The molecule has 0 aliphatic rings. The number of nitrogens with zero attached hydrogens (tertiary/aromatic N) is 1. The Morgan fingerprint density at radius 2 is 1.93 bits per heavy atom. The molecule has 1 aromatic heterocycles. The van der Waals surface area contributed by atoms with Crippen LogP contribution in [0, 0.1) is 13.8 Å². The predicted octanol–water partition coefficient (Wildman–Crippen LogP) is 3.17. The minimum Gasteiger partial charge on any atom is -0.463 e. The van der Waals surface area contributed by atoms with Gasteiger partial charge >= 0.3 is 5.97 Å². The van der Waals surface area contributed by atoms with Crippen molar-refractivity contribution in [3.8, 4) is 0 Å². The van der Waals surface area contributed by atoms with E-state index in [9.17, 15) is 14.4 Å². The Morgan fingerprint density at radius 3 is 2.55 bits per heavy atom. The van der Waals surface area contributed by atoms with Gasteiger partial charge in [-0.05, 0) is 45.7 Å². The SMILES string of the molecule is Cc1nc(C)c(CCC(=O)N[C@@H](CC(=O)OC(C)C)c2ccccc2Cl)c(=O)[nH]1. The van der Waals surface area contributed by atoms with E-state index >= 15 is 0 Å². The molecule has 0 unspecified atom stereocenters. The highest BCUT2D eigenvalue weighted by molar-refractivity contribution is 6.31. The summed E-state index contributed by atoms with van der Waals surface area (Å²) in [5.41, 5.74) is 1.46. The molecule has 2 N–H and O–H groups in total. The summed E-state index contributed by atoms with van der Waals surface area (Å²) in [5.74, 6) is -0.199. The van der Waals surface area contributed by atoms with Gasteiger partial charge in [-0.25, -0.2) is 4.98 Å². The molecule has 1 aromatic carbocycles. The van der Waals surface area contributed by atoms with Crippen molar-refractivity contribution < 1.29 is 14.3 Å². The third kappa shape index (κ3) is 6.71. The maximum Gasteiger partial charge on any atom is 0.308 e. The molecule has 156 valence electrons. The smallest absolute Gasteiger partial charge is 0.308 e. The maximum absolute atomic E-state index is 12.6. The van der Waals surface area contributed by atoms with Gasteiger partial charge in [0.2, 0.25) is 5.91 Å². The number of carbonyl (C=O) groups excluding carboxylic acids is 2. The lowest BCUT2D eigenvalue weighted by Gasteiger charge is -2.20. The highest BCUT2D eigenvalue weighted by Crippen LogP contribution is 2.26. The van der Waals surface area contributed by atoms with Crippen molar-refractivity contribution >= 4 is 23.5 Å². The molecule has 0 aliphatic carbocycles. The molecule has 2 rings (SSSR count). The minimum absolute atomic E-state index is 0.0423. The zero-order valence-electron chi connectivity index (χ0n) is 17.0. The van der Waals surface area contributed by atoms with Crippen LogP contribution >= 0.6 is 11.6 Å². The second-order valence-corrected chi connectivity index (χ2v) is 7.51. The Morgan fingerprint density at radius 1 is 1.24 bits per heavy atom. The largest absolute Gasteiger partial charge is 0.463 e. The number of nitrogens with one attached hydrogen (secondary N) is 2. The number of esters is 1. The van der Waals surface area contributed by atoms with Crippen molar-refractivity contribution in [1.29, 1.82) is 0 Å². The van der Waals surface area contributed by atoms with Crippen molar-refractivity contribution in [2.75, 3.05) is 0 Å². The van der Waals surface area contributed by atoms with Crippen molar-refractivity contribution in [3.05, 3.63) is 62.3 Å². The lowest BCUT2D eigenvalue weighted by atomic mass is 10.0. The van der Waals surface area contributed by atoms with E-state index in [1.165, 1.54) is 0 Å². The molecular weight excluding hydrogens is 394 g/mol. The molecule has 1 heterocycles. The van der Waals surface area contributed by atoms with Crippen LogP contribution in [0.15, 0.2) is 29.1 Å². The van der Waals surface area contributed by atoms with Gasteiger partial charge in [-0.3, -0.25) is 14.4 Å². The summed E-state index contributed by atoms with van der Waals surface area (Å²) >= 11 is 6.26. The first-order chi connectivity index (χ1) is 13.7. The van der Waals surface area contributed by atoms with Crippen LogP contribution in [0.3, 0.4) is 0 Å². The van der Waals surface area contributed by atoms with Gasteiger partial charge in [-0.15, -0.1) is 0 Å². The molecule has 0 spiro atoms. The molecule has 8 heteroatoms. The van der Waals surface area contributed by atoms with Gasteiger partial charge in [0.1, 0.15) is 5.82 Å². The topological polar surface area (TPSA) is 101 Å². The molecule has 0 bridgehead atoms. The number of halogens is 1. The Hall–Kier alpha value is -2.67. The fourth-order valence-electron chi connectivity index (χ4n) is 3.02. The third-order valence-electron chi connectivity index (χ3n) is 4.30. The second-order valence-electron chi connectivity index (χ2n) is 7.10. The quantitative estimate of drug-likeness (QED) is 0.640. The number of H-pyrrole nitrogens is 1. The molecule has 0 fully saturated rings. The monoisotopic (exact) mass is 419 g/mol. The first-order valence-corrected chi connectivity index (χ1v) is 9.84. The summed E-state index contributed by atoms with van der Waals surface area (Å²) in [7, 11) is 0. The maximum atomic E-state index is 12.6. The molecule has 0 radical (unpaired) electrons. The average molecular weight is 420 g/mol. The summed E-state index contributed by atoms with van der Waals surface area (Å²) in [6.07, 6.45) is 0.0222. The summed E-state index contributed by atoms with van der Waals surface area (Å²) in [4.78, 5) is 43.7. The lowest BCUT2D eigenvalue weighted by Crippen LogP contribution is -2.32. The van der Waals surface area contributed by atoms with Gasteiger partial charge in [0, 0.05) is 22.7 Å². The van der Waals surface area contributed by atoms with E-state index in [0.29, 0.717) is 27.7 Å². The second kappa shape index (κ2) is 10.2. The van der Waals surface area contributed by atoms with Gasteiger partial charge in [0.05, 0.1) is 18.6 Å². The summed E-state index contributed by atoms with van der Waals surface area (Å²) < 4.78 is 5.21. The number of hydrogen-bond acceptors (Lipinski definition) is 5. The Labute approximate surface area is 174 Å². The molecule has 1 atom stereocenters. The number of benzene rings is 1. The highest BCUT2D eigenvalue weighted by Gasteiger charge is 2.22. The Bertz CT molecular complexity index is 940. The van der Waals surface area contributed by atoms with Crippen LogP contribution in [0.5, 0.6) is 0 Å². The van der Waals surface area contributed by atoms with Crippen LogP contribution in [-0.4, -0.2) is 27.9 Å². The highest BCUT2D eigenvalue weighted by atomic mass is 35.5. The fraction of sp³-hybridized carbons (Fsp3) is 0.429. The van der Waals surface area contributed by atoms with E-state index in [4.69, 9.17) is 16.3 Å². The molecule has 29 heavy (non-hydrogen) atoms. The van der Waals surface area contributed by atoms with E-state index < -0.39 is 12.0 Å². The number of ether oxygens (including phenoxy) is 1. The van der Waals surface area contributed by atoms with Crippen molar-refractivity contribution in [3.63, 3.8) is 0 Å². The van der Waals surface area contributed by atoms with Gasteiger partial charge in [-0.1, -0.05) is 29.8 Å². The molecule has 7 nitrogen and oxygen atoms in total. The summed E-state index contributed by atoms with van der Waals surface area (Å²) in [6.45, 7) is 6.96. The van der Waals surface area contributed by atoms with Gasteiger partial charge in [-0.2, -0.15) is 0 Å². The molecule has 0 aliphatic heterocycles. The number of rotatable bonds is 8. The van der Waals surface area contributed by atoms with E-state index in [1.54, 1.807) is 52.0 Å². The Balaban J connectivity index is 2.12. The fourth-order valence-corrected chi connectivity index (χ4v) is 3.29.